The van der Waals surface area contributed by atoms with Crippen LogP contribution < -0.4 is 5.32 Å². The van der Waals surface area contributed by atoms with E-state index >= 15 is 0 Å². The number of anilines is 1. The van der Waals surface area contributed by atoms with Crippen molar-refractivity contribution < 1.29 is 14.1 Å². The van der Waals surface area contributed by atoms with Gasteiger partial charge in [-0.05, 0) is 30.7 Å². The number of hydrogen-bond acceptors (Lipinski definition) is 4. The van der Waals surface area contributed by atoms with Crippen molar-refractivity contribution in [2.24, 2.45) is 0 Å². The van der Waals surface area contributed by atoms with Gasteiger partial charge in [0.1, 0.15) is 5.76 Å². The summed E-state index contributed by atoms with van der Waals surface area (Å²) in [5.41, 5.74) is 1.09. The van der Waals surface area contributed by atoms with Gasteiger partial charge in [-0.1, -0.05) is 6.07 Å². The second-order valence-corrected chi connectivity index (χ2v) is 4.09. The molecule has 0 unspecified atom stereocenters. The Morgan fingerprint density at radius 2 is 2.20 bits per heavy atom. The van der Waals surface area contributed by atoms with E-state index in [0.29, 0.717) is 11.4 Å². The van der Waals surface area contributed by atoms with Crippen LogP contribution in [0.4, 0.5) is 11.4 Å². The SMILES string of the molecule is Cc1ccc([N+](=O)[O-])cc1NC(=O)C=Cc1ccco1. The number of rotatable bonds is 4. The van der Waals surface area contributed by atoms with E-state index in [2.05, 4.69) is 5.32 Å². The number of carbonyl (C=O) groups is 1. The molecule has 6 nitrogen and oxygen atoms in total. The normalized spacial score (nSPS) is 10.7. The third-order valence-electron chi connectivity index (χ3n) is 2.63. The number of amides is 1. The lowest BCUT2D eigenvalue weighted by atomic mass is 10.2. The third kappa shape index (κ3) is 3.32. The summed E-state index contributed by atoms with van der Waals surface area (Å²) in [5.74, 6) is 0.168. The number of carbonyl (C=O) groups excluding carboxylic acids is 1. The number of nitro groups is 1. The zero-order valence-corrected chi connectivity index (χ0v) is 10.7. The van der Waals surface area contributed by atoms with Crippen LogP contribution in [0.3, 0.4) is 0 Å². The summed E-state index contributed by atoms with van der Waals surface area (Å²) < 4.78 is 5.05. The quantitative estimate of drug-likeness (QED) is 0.526. The fraction of sp³-hybridized carbons (Fsp3) is 0.0714. The lowest BCUT2D eigenvalue weighted by molar-refractivity contribution is -0.384. The fourth-order valence-corrected chi connectivity index (χ4v) is 1.58. The van der Waals surface area contributed by atoms with Crippen LogP contribution in [0.1, 0.15) is 11.3 Å². The molecule has 1 aromatic heterocycles. The van der Waals surface area contributed by atoms with Crippen LogP contribution >= 0.6 is 0 Å². The van der Waals surface area contributed by atoms with Gasteiger partial charge in [-0.3, -0.25) is 14.9 Å². The Balaban J connectivity index is 2.11. The molecule has 0 saturated heterocycles. The highest BCUT2D eigenvalue weighted by Gasteiger charge is 2.09. The molecular formula is C14H12N2O4. The molecule has 0 aliphatic heterocycles. The molecular weight excluding hydrogens is 260 g/mol. The molecule has 0 bridgehead atoms. The molecule has 2 aromatic rings. The van der Waals surface area contributed by atoms with Crippen LogP contribution in [0.5, 0.6) is 0 Å². The van der Waals surface area contributed by atoms with Gasteiger partial charge in [0.25, 0.3) is 5.69 Å². The minimum Gasteiger partial charge on any atom is -0.465 e. The van der Waals surface area contributed by atoms with Crippen molar-refractivity contribution in [2.75, 3.05) is 5.32 Å². The van der Waals surface area contributed by atoms with Crippen molar-refractivity contribution in [1.29, 1.82) is 0 Å². The summed E-state index contributed by atoms with van der Waals surface area (Å²) in [7, 11) is 0. The molecule has 0 spiro atoms. The van der Waals surface area contributed by atoms with Gasteiger partial charge in [-0.25, -0.2) is 0 Å². The predicted molar refractivity (Wildman–Crippen MR) is 74.2 cm³/mol. The van der Waals surface area contributed by atoms with Crippen LogP contribution in [0.25, 0.3) is 6.08 Å². The molecule has 1 heterocycles. The first-order chi connectivity index (χ1) is 9.56. The van der Waals surface area contributed by atoms with E-state index in [1.54, 1.807) is 25.1 Å². The summed E-state index contributed by atoms with van der Waals surface area (Å²) in [6.45, 7) is 1.76. The van der Waals surface area contributed by atoms with Crippen molar-refractivity contribution >= 4 is 23.4 Å². The maximum atomic E-state index is 11.7. The van der Waals surface area contributed by atoms with Crippen LogP contribution in [0.2, 0.25) is 0 Å². The number of benzene rings is 1. The highest BCUT2D eigenvalue weighted by molar-refractivity contribution is 6.02. The zero-order chi connectivity index (χ0) is 14.5. The minimum atomic E-state index is -0.506. The molecule has 0 atom stereocenters. The second kappa shape index (κ2) is 5.83. The van der Waals surface area contributed by atoms with Gasteiger partial charge < -0.3 is 9.73 Å². The van der Waals surface area contributed by atoms with Crippen LogP contribution in [-0.2, 0) is 4.79 Å². The van der Waals surface area contributed by atoms with E-state index in [4.69, 9.17) is 4.42 Å². The van der Waals surface area contributed by atoms with E-state index < -0.39 is 4.92 Å². The molecule has 0 radical (unpaired) electrons. The molecule has 102 valence electrons. The van der Waals surface area contributed by atoms with Crippen LogP contribution in [0, 0.1) is 17.0 Å². The maximum absolute atomic E-state index is 11.7. The minimum absolute atomic E-state index is 0.0686. The first-order valence-electron chi connectivity index (χ1n) is 5.84. The third-order valence-corrected chi connectivity index (χ3v) is 2.63. The number of hydrogen-bond donors (Lipinski definition) is 1. The highest BCUT2D eigenvalue weighted by atomic mass is 16.6. The summed E-state index contributed by atoms with van der Waals surface area (Å²) in [6, 6.07) is 7.73. The Morgan fingerprint density at radius 1 is 1.40 bits per heavy atom. The average Bonchev–Trinajstić information content (AvgIpc) is 2.92. The topological polar surface area (TPSA) is 85.4 Å². The van der Waals surface area contributed by atoms with Crippen molar-refractivity contribution in [3.63, 3.8) is 0 Å². The summed E-state index contributed by atoms with van der Waals surface area (Å²) in [4.78, 5) is 21.9. The summed E-state index contributed by atoms with van der Waals surface area (Å²) >= 11 is 0. The van der Waals surface area contributed by atoms with Gasteiger partial charge in [0.2, 0.25) is 5.91 Å². The van der Waals surface area contributed by atoms with Crippen LogP contribution in [-0.4, -0.2) is 10.8 Å². The van der Waals surface area contributed by atoms with Gasteiger partial charge >= 0.3 is 0 Å². The Labute approximate surface area is 114 Å². The largest absolute Gasteiger partial charge is 0.465 e. The maximum Gasteiger partial charge on any atom is 0.271 e. The second-order valence-electron chi connectivity index (χ2n) is 4.09. The van der Waals surface area contributed by atoms with Crippen molar-refractivity contribution in [3.8, 4) is 0 Å². The summed E-state index contributed by atoms with van der Waals surface area (Å²) in [5, 5.41) is 13.3. The van der Waals surface area contributed by atoms with Gasteiger partial charge in [-0.2, -0.15) is 0 Å². The van der Waals surface area contributed by atoms with Gasteiger partial charge in [0.05, 0.1) is 16.9 Å². The monoisotopic (exact) mass is 272 g/mol. The number of non-ortho nitro benzene ring substituents is 1. The standard InChI is InChI=1S/C14H12N2O4/c1-10-4-5-11(16(18)19)9-13(10)15-14(17)7-6-12-3-2-8-20-12/h2-9H,1H3,(H,15,17). The van der Waals surface area contributed by atoms with E-state index in [9.17, 15) is 14.9 Å². The Kier molecular flexibility index (Phi) is 3.95. The Bertz CT molecular complexity index is 660. The average molecular weight is 272 g/mol. The van der Waals surface area contributed by atoms with Gasteiger partial charge in [-0.15, -0.1) is 0 Å². The lowest BCUT2D eigenvalue weighted by Gasteiger charge is -2.05. The molecule has 0 aliphatic rings. The number of nitrogens with zero attached hydrogens (tertiary/aromatic N) is 1. The number of nitrogens with one attached hydrogen (secondary N) is 1. The lowest BCUT2D eigenvalue weighted by Crippen LogP contribution is -2.09. The van der Waals surface area contributed by atoms with Crippen molar-refractivity contribution in [3.05, 3.63) is 64.1 Å². The molecule has 6 heteroatoms. The van der Waals surface area contributed by atoms with Crippen molar-refractivity contribution in [1.82, 2.24) is 0 Å². The zero-order valence-electron chi connectivity index (χ0n) is 10.7. The molecule has 2 rings (SSSR count). The summed E-state index contributed by atoms with van der Waals surface area (Å²) in [6.07, 6.45) is 4.32. The number of furan rings is 1. The van der Waals surface area contributed by atoms with Crippen molar-refractivity contribution in [2.45, 2.75) is 6.92 Å². The number of aryl methyl sites for hydroxylation is 1. The van der Waals surface area contributed by atoms with Crippen LogP contribution in [0.15, 0.2) is 47.1 Å². The van der Waals surface area contributed by atoms with E-state index in [1.807, 2.05) is 0 Å². The fourth-order valence-electron chi connectivity index (χ4n) is 1.58. The Morgan fingerprint density at radius 3 is 2.85 bits per heavy atom. The highest BCUT2D eigenvalue weighted by Crippen LogP contribution is 2.21. The first-order valence-corrected chi connectivity index (χ1v) is 5.84. The van der Waals surface area contributed by atoms with E-state index in [1.165, 1.54) is 30.5 Å². The predicted octanol–water partition coefficient (Wildman–Crippen LogP) is 3.15. The first kappa shape index (κ1) is 13.5. The molecule has 1 aromatic carbocycles. The Hall–Kier alpha value is -2.89. The van der Waals surface area contributed by atoms with Gasteiger partial charge in [0, 0.05) is 18.2 Å². The molecule has 20 heavy (non-hydrogen) atoms. The molecule has 1 amide bonds. The smallest absolute Gasteiger partial charge is 0.271 e. The molecule has 1 N–H and O–H groups in total. The number of nitro benzene ring substituents is 1. The molecule has 0 aliphatic carbocycles. The molecule has 0 fully saturated rings. The van der Waals surface area contributed by atoms with E-state index in [-0.39, 0.29) is 11.6 Å². The van der Waals surface area contributed by atoms with Gasteiger partial charge in [0.15, 0.2) is 0 Å². The molecule has 0 saturated carbocycles. The van der Waals surface area contributed by atoms with E-state index in [0.717, 1.165) is 5.56 Å².